The number of esters is 2. The first-order valence-corrected chi connectivity index (χ1v) is 13.8. The highest BCUT2D eigenvalue weighted by molar-refractivity contribution is 8.33. The summed E-state index contributed by atoms with van der Waals surface area (Å²) >= 11 is 0. The summed E-state index contributed by atoms with van der Waals surface area (Å²) in [6.07, 6.45) is 0. The predicted octanol–water partition coefficient (Wildman–Crippen LogP) is 5.49. The van der Waals surface area contributed by atoms with E-state index in [-0.39, 0.29) is 5.57 Å². The third-order valence-corrected chi connectivity index (χ3v) is 10.0. The van der Waals surface area contributed by atoms with Crippen LogP contribution < -0.4 is 0 Å². The molecule has 11 heteroatoms. The summed E-state index contributed by atoms with van der Waals surface area (Å²) in [5, 5.41) is -5.07. The number of carbonyl (C=O) groups excluding carboxylic acids is 2. The van der Waals surface area contributed by atoms with Crippen molar-refractivity contribution < 1.29 is 39.9 Å². The second-order valence-corrected chi connectivity index (χ2v) is 12.1. The van der Waals surface area contributed by atoms with Gasteiger partial charge >= 0.3 is 27.3 Å². The fraction of sp³-hybridized carbons (Fsp3) is 0.154. The van der Waals surface area contributed by atoms with E-state index in [0.29, 0.717) is 14.7 Å². The molecule has 0 radical (unpaired) electrons. The van der Waals surface area contributed by atoms with Crippen LogP contribution >= 0.6 is 10.3 Å². The molecule has 196 valence electrons. The second kappa shape index (κ2) is 11.7. The Balaban J connectivity index is 2.01. The molecular formula is C26H24F2O7S2. The summed E-state index contributed by atoms with van der Waals surface area (Å²) in [4.78, 5) is 24.5. The number of halogens is 2. The number of ether oxygens (including phenoxy) is 2. The summed E-state index contributed by atoms with van der Waals surface area (Å²) in [7, 11) is -9.23. The fourth-order valence-electron chi connectivity index (χ4n) is 3.12. The number of hydrogen-bond donors (Lipinski definition) is 0. The Morgan fingerprint density at radius 1 is 0.757 bits per heavy atom. The third-order valence-electron chi connectivity index (χ3n) is 4.87. The van der Waals surface area contributed by atoms with Crippen LogP contribution in [-0.2, 0) is 32.8 Å². The average Bonchev–Trinajstić information content (AvgIpc) is 2.90. The molecule has 0 heterocycles. The number of carbonyl (C=O) groups is 2. The van der Waals surface area contributed by atoms with Crippen molar-refractivity contribution in [2.24, 2.45) is 0 Å². The zero-order chi connectivity index (χ0) is 27.1. The van der Waals surface area contributed by atoms with E-state index in [0.717, 1.165) is 0 Å². The summed E-state index contributed by atoms with van der Waals surface area (Å²) in [5.41, 5.74) is 0.0506. The highest BCUT2D eigenvalue weighted by atomic mass is 32.3. The average molecular weight is 551 g/mol. The lowest BCUT2D eigenvalue weighted by Gasteiger charge is -2.39. The van der Waals surface area contributed by atoms with Gasteiger partial charge in [-0.2, -0.15) is 17.2 Å². The Morgan fingerprint density at radius 3 is 1.51 bits per heavy atom. The van der Waals surface area contributed by atoms with Gasteiger partial charge in [-0.05, 0) is 53.6 Å². The highest BCUT2D eigenvalue weighted by Crippen LogP contribution is 2.70. The molecule has 0 spiro atoms. The molecule has 0 saturated heterocycles. The van der Waals surface area contributed by atoms with Crippen molar-refractivity contribution >= 4 is 32.4 Å². The summed E-state index contributed by atoms with van der Waals surface area (Å²) in [6.45, 7) is 3.36. The summed E-state index contributed by atoms with van der Waals surface area (Å²) in [5.74, 6) is -3.18. The number of alkyl halides is 2. The van der Waals surface area contributed by atoms with Gasteiger partial charge in [0.25, 0.3) is 0 Å². The van der Waals surface area contributed by atoms with E-state index in [1.807, 2.05) is 0 Å². The van der Waals surface area contributed by atoms with Crippen LogP contribution in [-0.4, -0.2) is 38.8 Å². The van der Waals surface area contributed by atoms with Crippen LogP contribution in [0, 0.1) is 0 Å². The first-order valence-electron chi connectivity index (χ1n) is 10.8. The van der Waals surface area contributed by atoms with Crippen LogP contribution in [0.5, 0.6) is 0 Å². The summed E-state index contributed by atoms with van der Waals surface area (Å²) in [6, 6.07) is 24.2. The number of hydrogen-bond acceptors (Lipinski definition) is 7. The molecule has 0 bridgehead atoms. The molecule has 0 N–H and O–H groups in total. The van der Waals surface area contributed by atoms with E-state index in [1.165, 1.54) is 6.92 Å². The minimum atomic E-state index is -5.92. The standard InChI is InChI=1S/C26H24F2O7S2/c1-20(2)24(29)33-18-19-34-25(30)26(27,28)37(31,32)35-36(21-12-6-3-7-13-21,22-14-8-4-9-15-22)23-16-10-5-11-17-23/h3-17H,1,18-19H2,2H3. The van der Waals surface area contributed by atoms with Crippen LogP contribution in [0.4, 0.5) is 8.78 Å². The lowest BCUT2D eigenvalue weighted by atomic mass is 10.4. The number of rotatable bonds is 11. The molecule has 0 aliphatic carbocycles. The van der Waals surface area contributed by atoms with Crippen molar-refractivity contribution in [3.8, 4) is 0 Å². The Hall–Kier alpha value is -3.54. The van der Waals surface area contributed by atoms with Gasteiger partial charge in [0, 0.05) is 20.3 Å². The maximum atomic E-state index is 15.1. The van der Waals surface area contributed by atoms with Gasteiger partial charge in [-0.15, -0.1) is 0 Å². The Bertz CT molecular complexity index is 1250. The normalized spacial score (nSPS) is 12.4. The minimum Gasteiger partial charge on any atom is -0.459 e. The highest BCUT2D eigenvalue weighted by Gasteiger charge is 2.58. The van der Waals surface area contributed by atoms with Gasteiger partial charge in [-0.3, -0.25) is 0 Å². The topological polar surface area (TPSA) is 96.0 Å². The van der Waals surface area contributed by atoms with Crippen molar-refractivity contribution in [1.82, 2.24) is 0 Å². The number of benzene rings is 3. The predicted molar refractivity (Wildman–Crippen MR) is 133 cm³/mol. The second-order valence-electron chi connectivity index (χ2n) is 7.59. The van der Waals surface area contributed by atoms with Gasteiger partial charge in [-0.25, -0.2) is 13.2 Å². The zero-order valence-electron chi connectivity index (χ0n) is 19.7. The SMILES string of the molecule is C=C(C)C(=O)OCCOC(=O)C(F)(F)S(=O)(=O)OS(c1ccccc1)(c1ccccc1)c1ccccc1. The van der Waals surface area contributed by atoms with Crippen LogP contribution in [0.15, 0.2) is 118 Å². The monoisotopic (exact) mass is 550 g/mol. The molecule has 0 atom stereocenters. The van der Waals surface area contributed by atoms with Crippen molar-refractivity contribution in [3.05, 3.63) is 103 Å². The molecule has 3 rings (SSSR count). The smallest absolute Gasteiger partial charge is 0.459 e. The molecule has 0 unspecified atom stereocenters. The van der Waals surface area contributed by atoms with E-state index >= 15 is 8.78 Å². The Morgan fingerprint density at radius 2 is 1.14 bits per heavy atom. The molecule has 3 aromatic carbocycles. The van der Waals surface area contributed by atoms with Gasteiger partial charge in [0.1, 0.15) is 13.2 Å². The van der Waals surface area contributed by atoms with Gasteiger partial charge in [0.15, 0.2) is 0 Å². The van der Waals surface area contributed by atoms with Crippen molar-refractivity contribution in [1.29, 1.82) is 0 Å². The van der Waals surface area contributed by atoms with Crippen LogP contribution in [0.2, 0.25) is 0 Å². The maximum absolute atomic E-state index is 15.1. The first kappa shape index (κ1) is 28.0. The molecule has 37 heavy (non-hydrogen) atoms. The minimum absolute atomic E-state index is 0.0506. The molecule has 7 nitrogen and oxygen atoms in total. The molecule has 0 amide bonds. The van der Waals surface area contributed by atoms with Gasteiger partial charge in [-0.1, -0.05) is 61.2 Å². The molecule has 0 fully saturated rings. The van der Waals surface area contributed by atoms with E-state index in [9.17, 15) is 18.0 Å². The van der Waals surface area contributed by atoms with Crippen molar-refractivity contribution in [2.45, 2.75) is 26.9 Å². The molecule has 0 aliphatic rings. The molecule has 0 aromatic heterocycles. The third kappa shape index (κ3) is 6.07. The van der Waals surface area contributed by atoms with E-state index in [2.05, 4.69) is 16.1 Å². The maximum Gasteiger partial charge on any atom is 0.466 e. The summed E-state index contributed by atoms with van der Waals surface area (Å²) < 4.78 is 70.9. The molecule has 3 aromatic rings. The van der Waals surface area contributed by atoms with Gasteiger partial charge in [0.2, 0.25) is 0 Å². The zero-order valence-corrected chi connectivity index (χ0v) is 21.3. The van der Waals surface area contributed by atoms with Gasteiger partial charge in [0.05, 0.1) is 0 Å². The van der Waals surface area contributed by atoms with Crippen molar-refractivity contribution in [2.75, 3.05) is 13.2 Å². The van der Waals surface area contributed by atoms with Crippen LogP contribution in [0.25, 0.3) is 0 Å². The van der Waals surface area contributed by atoms with Crippen LogP contribution in [0.3, 0.4) is 0 Å². The van der Waals surface area contributed by atoms with E-state index in [1.54, 1.807) is 91.0 Å². The van der Waals surface area contributed by atoms with E-state index < -0.39 is 50.8 Å². The van der Waals surface area contributed by atoms with E-state index in [4.69, 9.17) is 3.63 Å². The van der Waals surface area contributed by atoms with Gasteiger partial charge < -0.3 is 9.47 Å². The Labute approximate surface area is 215 Å². The fourth-order valence-corrected chi connectivity index (χ4v) is 8.18. The largest absolute Gasteiger partial charge is 0.466 e. The van der Waals surface area contributed by atoms with Crippen molar-refractivity contribution in [3.63, 3.8) is 0 Å². The lowest BCUT2D eigenvalue weighted by molar-refractivity contribution is -0.164. The Kier molecular flexibility index (Phi) is 8.85. The first-order chi connectivity index (χ1) is 17.5. The lowest BCUT2D eigenvalue weighted by Crippen LogP contribution is -2.41. The molecule has 0 saturated carbocycles. The van der Waals surface area contributed by atoms with Crippen LogP contribution in [0.1, 0.15) is 6.92 Å². The molecular weight excluding hydrogens is 526 g/mol. The quantitative estimate of drug-likeness (QED) is 0.177. The molecule has 0 aliphatic heterocycles.